The van der Waals surface area contributed by atoms with Crippen molar-refractivity contribution in [2.45, 2.75) is 77.7 Å². The molecule has 4 atom stereocenters. The van der Waals surface area contributed by atoms with Crippen molar-refractivity contribution in [3.8, 4) is 0 Å². The number of nitrogens with one attached hydrogen (secondary N) is 1. The zero-order chi connectivity index (χ0) is 12.6. The predicted molar refractivity (Wildman–Crippen MR) is 77.6 cm³/mol. The number of fused-ring (bicyclic) bond motifs is 2. The van der Waals surface area contributed by atoms with Gasteiger partial charge in [-0.25, -0.2) is 0 Å². The zero-order valence-corrected chi connectivity index (χ0v) is 12.4. The molecular weight excluding hydrogens is 218 g/mol. The molecule has 1 heteroatoms. The predicted octanol–water partition coefficient (Wildman–Crippen LogP) is 4.37. The summed E-state index contributed by atoms with van der Waals surface area (Å²) in [5, 5.41) is 3.85. The van der Waals surface area contributed by atoms with Gasteiger partial charge in [-0.2, -0.15) is 0 Å². The van der Waals surface area contributed by atoms with E-state index in [-0.39, 0.29) is 0 Å². The van der Waals surface area contributed by atoms with Crippen molar-refractivity contribution in [1.29, 1.82) is 0 Å². The van der Waals surface area contributed by atoms with E-state index in [0.29, 0.717) is 5.41 Å². The molecule has 0 radical (unpaired) electrons. The molecule has 3 rings (SSSR count). The molecule has 0 aliphatic heterocycles. The van der Waals surface area contributed by atoms with Gasteiger partial charge in [0.05, 0.1) is 0 Å². The molecule has 0 spiro atoms. The second-order valence-electron chi connectivity index (χ2n) is 7.64. The maximum atomic E-state index is 3.85. The van der Waals surface area contributed by atoms with Crippen LogP contribution in [0.4, 0.5) is 0 Å². The summed E-state index contributed by atoms with van der Waals surface area (Å²) in [6, 6.07) is 0.800. The summed E-state index contributed by atoms with van der Waals surface area (Å²) in [5.41, 5.74) is 0.609. The highest BCUT2D eigenvalue weighted by molar-refractivity contribution is 4.97. The quantitative estimate of drug-likeness (QED) is 0.763. The van der Waals surface area contributed by atoms with E-state index in [1.807, 2.05) is 0 Å². The van der Waals surface area contributed by atoms with E-state index in [1.165, 1.54) is 32.1 Å². The molecule has 0 heterocycles. The van der Waals surface area contributed by atoms with Gasteiger partial charge in [0.1, 0.15) is 0 Å². The third kappa shape index (κ3) is 2.35. The average Bonchev–Trinajstić information content (AvgIpc) is 3.05. The summed E-state index contributed by atoms with van der Waals surface area (Å²) < 4.78 is 0. The highest BCUT2D eigenvalue weighted by Gasteiger charge is 2.43. The van der Waals surface area contributed by atoms with Crippen LogP contribution in [0.15, 0.2) is 0 Å². The first-order valence-electron chi connectivity index (χ1n) is 8.44. The molecule has 0 aromatic heterocycles. The third-order valence-electron chi connectivity index (χ3n) is 6.46. The number of hydrogen-bond acceptors (Lipinski definition) is 1. The van der Waals surface area contributed by atoms with Gasteiger partial charge in [-0.05, 0) is 68.2 Å². The normalized spacial score (nSPS) is 39.3. The molecule has 0 aromatic rings. The zero-order valence-electron chi connectivity index (χ0n) is 12.4. The molecule has 104 valence electrons. The van der Waals surface area contributed by atoms with E-state index < -0.39 is 0 Å². The van der Waals surface area contributed by atoms with Gasteiger partial charge in [-0.15, -0.1) is 0 Å². The maximum absolute atomic E-state index is 3.85. The van der Waals surface area contributed by atoms with Crippen molar-refractivity contribution in [3.05, 3.63) is 0 Å². The SMILES string of the molecule is CCNC(CC1CC2CCC1C2)C1(C)CCCC1. The molecule has 3 aliphatic carbocycles. The van der Waals surface area contributed by atoms with Crippen LogP contribution in [0.5, 0.6) is 0 Å². The molecule has 18 heavy (non-hydrogen) atoms. The Hall–Kier alpha value is -0.0400. The second-order valence-corrected chi connectivity index (χ2v) is 7.64. The third-order valence-corrected chi connectivity index (χ3v) is 6.46. The van der Waals surface area contributed by atoms with Gasteiger partial charge in [-0.1, -0.05) is 33.1 Å². The Labute approximate surface area is 113 Å². The Kier molecular flexibility index (Phi) is 3.71. The monoisotopic (exact) mass is 249 g/mol. The molecule has 0 amide bonds. The van der Waals surface area contributed by atoms with Gasteiger partial charge in [0, 0.05) is 6.04 Å². The van der Waals surface area contributed by atoms with Crippen LogP contribution in [0.3, 0.4) is 0 Å². The molecule has 1 N–H and O–H groups in total. The van der Waals surface area contributed by atoms with E-state index in [9.17, 15) is 0 Å². The Morgan fingerprint density at radius 3 is 2.50 bits per heavy atom. The molecule has 2 bridgehead atoms. The highest BCUT2D eigenvalue weighted by atomic mass is 14.9. The Morgan fingerprint density at radius 2 is 1.94 bits per heavy atom. The minimum atomic E-state index is 0.609. The first-order chi connectivity index (χ1) is 8.71. The Morgan fingerprint density at radius 1 is 1.17 bits per heavy atom. The molecule has 1 nitrogen and oxygen atoms in total. The molecule has 4 unspecified atom stereocenters. The van der Waals surface area contributed by atoms with Crippen LogP contribution in [0.25, 0.3) is 0 Å². The van der Waals surface area contributed by atoms with Crippen LogP contribution in [0.2, 0.25) is 0 Å². The van der Waals surface area contributed by atoms with Crippen molar-refractivity contribution in [3.63, 3.8) is 0 Å². The van der Waals surface area contributed by atoms with Crippen LogP contribution in [-0.2, 0) is 0 Å². The van der Waals surface area contributed by atoms with Crippen molar-refractivity contribution < 1.29 is 0 Å². The number of rotatable bonds is 5. The van der Waals surface area contributed by atoms with E-state index in [4.69, 9.17) is 0 Å². The van der Waals surface area contributed by atoms with E-state index in [1.54, 1.807) is 25.7 Å². The summed E-state index contributed by atoms with van der Waals surface area (Å²) in [4.78, 5) is 0. The average molecular weight is 249 g/mol. The smallest absolute Gasteiger partial charge is 0.0123 e. The van der Waals surface area contributed by atoms with Gasteiger partial charge < -0.3 is 5.32 Å². The lowest BCUT2D eigenvalue weighted by Crippen LogP contribution is -2.44. The van der Waals surface area contributed by atoms with Crippen LogP contribution < -0.4 is 5.32 Å². The molecular formula is C17H31N. The van der Waals surface area contributed by atoms with Gasteiger partial charge in [-0.3, -0.25) is 0 Å². The highest BCUT2D eigenvalue weighted by Crippen LogP contribution is 2.52. The molecule has 3 saturated carbocycles. The van der Waals surface area contributed by atoms with Gasteiger partial charge in [0.2, 0.25) is 0 Å². The molecule has 0 saturated heterocycles. The van der Waals surface area contributed by atoms with E-state index >= 15 is 0 Å². The second kappa shape index (κ2) is 5.15. The van der Waals surface area contributed by atoms with E-state index in [0.717, 1.165) is 30.3 Å². The first-order valence-corrected chi connectivity index (χ1v) is 8.44. The lowest BCUT2D eigenvalue weighted by molar-refractivity contribution is 0.167. The van der Waals surface area contributed by atoms with E-state index in [2.05, 4.69) is 19.2 Å². The van der Waals surface area contributed by atoms with Crippen LogP contribution in [0, 0.1) is 23.2 Å². The summed E-state index contributed by atoms with van der Waals surface area (Å²) in [6.45, 7) is 5.99. The Balaban J connectivity index is 1.63. The topological polar surface area (TPSA) is 12.0 Å². The fraction of sp³-hybridized carbons (Fsp3) is 1.00. The first kappa shape index (κ1) is 13.0. The summed E-state index contributed by atoms with van der Waals surface area (Å²) in [5.74, 6) is 3.27. The van der Waals surface area contributed by atoms with Crippen molar-refractivity contribution in [2.75, 3.05) is 6.54 Å². The van der Waals surface area contributed by atoms with Crippen LogP contribution in [-0.4, -0.2) is 12.6 Å². The standard InChI is InChI=1S/C17H31N/c1-3-18-16(17(2)8-4-5-9-17)12-15-11-13-6-7-14(15)10-13/h13-16,18H,3-12H2,1-2H3. The van der Waals surface area contributed by atoms with Gasteiger partial charge in [0.15, 0.2) is 0 Å². The summed E-state index contributed by atoms with van der Waals surface area (Å²) in [6.07, 6.45) is 13.6. The number of hydrogen-bond donors (Lipinski definition) is 1. The fourth-order valence-corrected chi connectivity index (χ4v) is 5.36. The van der Waals surface area contributed by atoms with Crippen LogP contribution in [0.1, 0.15) is 71.6 Å². The Bertz CT molecular complexity index is 279. The maximum Gasteiger partial charge on any atom is 0.0123 e. The molecule has 3 aliphatic rings. The van der Waals surface area contributed by atoms with Crippen molar-refractivity contribution in [2.24, 2.45) is 23.2 Å². The lowest BCUT2D eigenvalue weighted by atomic mass is 9.73. The minimum absolute atomic E-state index is 0.609. The largest absolute Gasteiger partial charge is 0.314 e. The van der Waals surface area contributed by atoms with Crippen molar-refractivity contribution >= 4 is 0 Å². The van der Waals surface area contributed by atoms with Crippen LogP contribution >= 0.6 is 0 Å². The molecule has 0 aromatic carbocycles. The summed E-state index contributed by atoms with van der Waals surface area (Å²) >= 11 is 0. The minimum Gasteiger partial charge on any atom is -0.314 e. The van der Waals surface area contributed by atoms with Crippen molar-refractivity contribution in [1.82, 2.24) is 5.32 Å². The van der Waals surface area contributed by atoms with Gasteiger partial charge >= 0.3 is 0 Å². The summed E-state index contributed by atoms with van der Waals surface area (Å²) in [7, 11) is 0. The lowest BCUT2D eigenvalue weighted by Gasteiger charge is -2.38. The fourth-order valence-electron chi connectivity index (χ4n) is 5.36. The van der Waals surface area contributed by atoms with Gasteiger partial charge in [0.25, 0.3) is 0 Å². The molecule has 3 fully saturated rings.